The molecule has 0 radical (unpaired) electrons. The summed E-state index contributed by atoms with van der Waals surface area (Å²) in [4.78, 5) is 0. The maximum Gasteiger partial charge on any atom is 0.0192 e. The molecule has 1 saturated heterocycles. The molecule has 1 aliphatic heterocycles. The Morgan fingerprint density at radius 2 is 2.14 bits per heavy atom. The van der Waals surface area contributed by atoms with Crippen LogP contribution in [0, 0.1) is 5.92 Å². The predicted molar refractivity (Wildman–Crippen MR) is 60.4 cm³/mol. The number of piperidine rings is 1. The van der Waals surface area contributed by atoms with Crippen LogP contribution in [-0.4, -0.2) is 25.2 Å². The lowest BCUT2D eigenvalue weighted by atomic mass is 10.0. The molecule has 0 aromatic heterocycles. The highest BCUT2D eigenvalue weighted by molar-refractivity contribution is 4.81. The topological polar surface area (TPSA) is 24.1 Å². The Balaban J connectivity index is 1.61. The molecule has 2 nitrogen and oxygen atoms in total. The van der Waals surface area contributed by atoms with Crippen LogP contribution in [0.5, 0.6) is 0 Å². The molecule has 0 aromatic rings. The van der Waals surface area contributed by atoms with Gasteiger partial charge in [0.25, 0.3) is 0 Å². The zero-order valence-electron chi connectivity index (χ0n) is 9.39. The first kappa shape index (κ1) is 10.4. The van der Waals surface area contributed by atoms with E-state index in [-0.39, 0.29) is 0 Å². The molecule has 1 aliphatic carbocycles. The van der Waals surface area contributed by atoms with Crippen LogP contribution in [-0.2, 0) is 0 Å². The second kappa shape index (κ2) is 5.13. The van der Waals surface area contributed by atoms with E-state index in [9.17, 15) is 0 Å². The summed E-state index contributed by atoms with van der Waals surface area (Å²) >= 11 is 0. The Labute approximate surface area is 87.8 Å². The number of hydrogen-bond donors (Lipinski definition) is 2. The van der Waals surface area contributed by atoms with Gasteiger partial charge in [-0.25, -0.2) is 0 Å². The van der Waals surface area contributed by atoms with Crippen molar-refractivity contribution in [3.8, 4) is 0 Å². The Morgan fingerprint density at radius 3 is 2.79 bits per heavy atom. The second-order valence-electron chi connectivity index (χ2n) is 5.17. The molecular weight excluding hydrogens is 172 g/mol. The molecule has 3 unspecified atom stereocenters. The summed E-state index contributed by atoms with van der Waals surface area (Å²) < 4.78 is 0. The van der Waals surface area contributed by atoms with Crippen LogP contribution in [0.2, 0.25) is 0 Å². The summed E-state index contributed by atoms with van der Waals surface area (Å²) in [5.41, 5.74) is 0. The van der Waals surface area contributed by atoms with Crippen molar-refractivity contribution in [3.05, 3.63) is 0 Å². The van der Waals surface area contributed by atoms with E-state index in [1.54, 1.807) is 0 Å². The largest absolute Gasteiger partial charge is 0.313 e. The summed E-state index contributed by atoms with van der Waals surface area (Å²) in [6.07, 6.45) is 8.38. The monoisotopic (exact) mass is 196 g/mol. The van der Waals surface area contributed by atoms with Crippen LogP contribution in [0.25, 0.3) is 0 Å². The van der Waals surface area contributed by atoms with E-state index in [0.717, 1.165) is 18.0 Å². The van der Waals surface area contributed by atoms with Gasteiger partial charge in [-0.15, -0.1) is 0 Å². The zero-order chi connectivity index (χ0) is 9.80. The molecule has 2 N–H and O–H groups in total. The number of nitrogens with one attached hydrogen (secondary N) is 2. The van der Waals surface area contributed by atoms with Gasteiger partial charge in [0.2, 0.25) is 0 Å². The summed E-state index contributed by atoms with van der Waals surface area (Å²) in [5.74, 6) is 0.951. The van der Waals surface area contributed by atoms with E-state index >= 15 is 0 Å². The lowest BCUT2D eigenvalue weighted by Crippen LogP contribution is -2.44. The van der Waals surface area contributed by atoms with Crippen molar-refractivity contribution in [1.82, 2.24) is 10.6 Å². The van der Waals surface area contributed by atoms with Gasteiger partial charge in [0, 0.05) is 18.6 Å². The SMILES string of the molecule is CC1CCC(NCC2CCCCN2)C1. The highest BCUT2D eigenvalue weighted by atomic mass is 15.0. The number of hydrogen-bond acceptors (Lipinski definition) is 2. The minimum absolute atomic E-state index is 0.750. The smallest absolute Gasteiger partial charge is 0.0192 e. The molecule has 2 aliphatic rings. The molecule has 3 atom stereocenters. The van der Waals surface area contributed by atoms with Crippen LogP contribution >= 0.6 is 0 Å². The highest BCUT2D eigenvalue weighted by Crippen LogP contribution is 2.24. The van der Waals surface area contributed by atoms with Crippen molar-refractivity contribution in [2.45, 2.75) is 57.5 Å². The third-order valence-electron chi connectivity index (χ3n) is 3.76. The second-order valence-corrected chi connectivity index (χ2v) is 5.17. The maximum absolute atomic E-state index is 3.72. The fourth-order valence-electron chi connectivity index (χ4n) is 2.80. The van der Waals surface area contributed by atoms with Crippen molar-refractivity contribution < 1.29 is 0 Å². The third kappa shape index (κ3) is 2.96. The van der Waals surface area contributed by atoms with E-state index in [2.05, 4.69) is 17.6 Å². The molecule has 1 saturated carbocycles. The molecule has 2 fully saturated rings. The first-order chi connectivity index (χ1) is 6.84. The van der Waals surface area contributed by atoms with Gasteiger partial charge in [-0.1, -0.05) is 13.3 Å². The van der Waals surface area contributed by atoms with Crippen LogP contribution in [0.15, 0.2) is 0 Å². The molecular formula is C12H24N2. The van der Waals surface area contributed by atoms with Crippen LogP contribution in [0.1, 0.15) is 45.4 Å². The van der Waals surface area contributed by atoms with Gasteiger partial charge in [0.1, 0.15) is 0 Å². The zero-order valence-corrected chi connectivity index (χ0v) is 9.39. The average molecular weight is 196 g/mol. The van der Waals surface area contributed by atoms with Gasteiger partial charge in [0.05, 0.1) is 0 Å². The van der Waals surface area contributed by atoms with Crippen molar-refractivity contribution >= 4 is 0 Å². The Hall–Kier alpha value is -0.0800. The lowest BCUT2D eigenvalue weighted by Gasteiger charge is -2.25. The molecule has 1 heterocycles. The van der Waals surface area contributed by atoms with Crippen molar-refractivity contribution in [2.75, 3.05) is 13.1 Å². The molecule has 14 heavy (non-hydrogen) atoms. The maximum atomic E-state index is 3.72. The van der Waals surface area contributed by atoms with E-state index < -0.39 is 0 Å². The fourth-order valence-corrected chi connectivity index (χ4v) is 2.80. The molecule has 0 spiro atoms. The summed E-state index contributed by atoms with van der Waals surface area (Å²) in [6.45, 7) is 4.80. The first-order valence-electron chi connectivity index (χ1n) is 6.31. The standard InChI is InChI=1S/C12H24N2/c1-10-5-6-11(8-10)14-9-12-4-2-3-7-13-12/h10-14H,2-9H2,1H3. The lowest BCUT2D eigenvalue weighted by molar-refractivity contribution is 0.363. The summed E-state index contributed by atoms with van der Waals surface area (Å²) in [7, 11) is 0. The molecule has 0 amide bonds. The van der Waals surface area contributed by atoms with E-state index in [1.807, 2.05) is 0 Å². The molecule has 2 rings (SSSR count). The third-order valence-corrected chi connectivity index (χ3v) is 3.76. The van der Waals surface area contributed by atoms with Crippen molar-refractivity contribution in [1.29, 1.82) is 0 Å². The van der Waals surface area contributed by atoms with Crippen LogP contribution in [0.3, 0.4) is 0 Å². The van der Waals surface area contributed by atoms with Crippen molar-refractivity contribution in [2.24, 2.45) is 5.92 Å². The summed E-state index contributed by atoms with van der Waals surface area (Å²) in [6, 6.07) is 1.56. The Kier molecular flexibility index (Phi) is 3.82. The van der Waals surface area contributed by atoms with E-state index in [0.29, 0.717) is 0 Å². The molecule has 2 heteroatoms. The fraction of sp³-hybridized carbons (Fsp3) is 1.00. The van der Waals surface area contributed by atoms with Gasteiger partial charge in [-0.2, -0.15) is 0 Å². The Morgan fingerprint density at radius 1 is 1.21 bits per heavy atom. The molecule has 82 valence electrons. The van der Waals surface area contributed by atoms with E-state index in [4.69, 9.17) is 0 Å². The predicted octanol–water partition coefficient (Wildman–Crippen LogP) is 1.91. The normalized spacial score (nSPS) is 38.8. The molecule has 0 bridgehead atoms. The molecule has 0 aromatic carbocycles. The van der Waals surface area contributed by atoms with Crippen LogP contribution < -0.4 is 10.6 Å². The first-order valence-corrected chi connectivity index (χ1v) is 6.31. The minimum Gasteiger partial charge on any atom is -0.313 e. The van der Waals surface area contributed by atoms with Crippen molar-refractivity contribution in [3.63, 3.8) is 0 Å². The van der Waals surface area contributed by atoms with Gasteiger partial charge >= 0.3 is 0 Å². The van der Waals surface area contributed by atoms with E-state index in [1.165, 1.54) is 51.6 Å². The van der Waals surface area contributed by atoms with Gasteiger partial charge in [-0.3, -0.25) is 0 Å². The summed E-state index contributed by atoms with van der Waals surface area (Å²) in [5, 5.41) is 7.31. The highest BCUT2D eigenvalue weighted by Gasteiger charge is 2.21. The Bertz CT molecular complexity index is 159. The average Bonchev–Trinajstić information content (AvgIpc) is 2.63. The van der Waals surface area contributed by atoms with Gasteiger partial charge in [-0.05, 0) is 44.6 Å². The quantitative estimate of drug-likeness (QED) is 0.720. The van der Waals surface area contributed by atoms with Gasteiger partial charge in [0.15, 0.2) is 0 Å². The van der Waals surface area contributed by atoms with Crippen LogP contribution in [0.4, 0.5) is 0 Å². The van der Waals surface area contributed by atoms with Gasteiger partial charge < -0.3 is 10.6 Å². The number of rotatable bonds is 3. The minimum atomic E-state index is 0.750.